The van der Waals surface area contributed by atoms with E-state index in [1.54, 1.807) is 12.2 Å². The Kier molecular flexibility index (Phi) is 2.09. The summed E-state index contributed by atoms with van der Waals surface area (Å²) in [6.07, 6.45) is 2.78. The maximum atomic E-state index is 12.0. The predicted octanol–water partition coefficient (Wildman–Crippen LogP) is -0.600. The summed E-state index contributed by atoms with van der Waals surface area (Å²) in [5.74, 6) is -2.48. The lowest BCUT2D eigenvalue weighted by Gasteiger charge is -2.16. The van der Waals surface area contributed by atoms with Crippen molar-refractivity contribution in [2.24, 2.45) is 11.8 Å². The van der Waals surface area contributed by atoms with Gasteiger partial charge in [-0.3, -0.25) is 19.3 Å². The molecule has 2 saturated heterocycles. The van der Waals surface area contributed by atoms with E-state index in [2.05, 4.69) is 0 Å². The van der Waals surface area contributed by atoms with E-state index in [0.717, 1.165) is 4.90 Å². The largest absolute Gasteiger partial charge is 0.481 e. The molecular formula is C11H11NO5. The van der Waals surface area contributed by atoms with E-state index >= 15 is 0 Å². The molecule has 1 N–H and O–H groups in total. The van der Waals surface area contributed by atoms with Crippen molar-refractivity contribution in [1.29, 1.82) is 0 Å². The first kappa shape index (κ1) is 10.5. The van der Waals surface area contributed by atoms with Crippen LogP contribution in [0.4, 0.5) is 0 Å². The van der Waals surface area contributed by atoms with E-state index in [4.69, 9.17) is 9.84 Å². The van der Waals surface area contributed by atoms with Gasteiger partial charge in [-0.25, -0.2) is 0 Å². The standard InChI is InChI=1S/C11H11NO5/c13-7(14)3-4-12-10(15)8-5-1-2-6(17-5)9(8)11(12)16/h1-2,5-6,8-9H,3-4H2,(H,13,14)/t5-,6-,8-,9+/m1/s1. The molecule has 2 fully saturated rings. The third-order valence-corrected chi connectivity index (χ3v) is 3.55. The molecule has 0 aliphatic carbocycles. The van der Waals surface area contributed by atoms with Gasteiger partial charge in [0.25, 0.3) is 0 Å². The van der Waals surface area contributed by atoms with Gasteiger partial charge < -0.3 is 9.84 Å². The highest BCUT2D eigenvalue weighted by molar-refractivity contribution is 6.06. The minimum atomic E-state index is -1.01. The molecule has 0 aromatic rings. The molecule has 2 amide bonds. The number of hydrogen-bond donors (Lipinski definition) is 1. The van der Waals surface area contributed by atoms with Crippen molar-refractivity contribution in [3.63, 3.8) is 0 Å². The summed E-state index contributed by atoms with van der Waals surface area (Å²) >= 11 is 0. The van der Waals surface area contributed by atoms with Crippen LogP contribution in [0.2, 0.25) is 0 Å². The fraction of sp³-hybridized carbons (Fsp3) is 0.545. The van der Waals surface area contributed by atoms with E-state index in [-0.39, 0.29) is 37.0 Å². The molecule has 3 heterocycles. The first-order valence-electron chi connectivity index (χ1n) is 5.50. The van der Waals surface area contributed by atoms with Gasteiger partial charge in [-0.05, 0) is 0 Å². The van der Waals surface area contributed by atoms with Crippen LogP contribution in [0.1, 0.15) is 6.42 Å². The zero-order valence-electron chi connectivity index (χ0n) is 8.91. The molecule has 6 heteroatoms. The highest BCUT2D eigenvalue weighted by Crippen LogP contribution is 2.44. The molecule has 0 aromatic carbocycles. The summed E-state index contributed by atoms with van der Waals surface area (Å²) < 4.78 is 5.46. The molecule has 4 atom stereocenters. The third-order valence-electron chi connectivity index (χ3n) is 3.55. The van der Waals surface area contributed by atoms with E-state index in [1.165, 1.54) is 0 Å². The van der Waals surface area contributed by atoms with Crippen LogP contribution in [0.5, 0.6) is 0 Å². The summed E-state index contributed by atoms with van der Waals surface area (Å²) in [6, 6.07) is 0. The Labute approximate surface area is 96.8 Å². The van der Waals surface area contributed by atoms with Crippen molar-refractivity contribution >= 4 is 17.8 Å². The summed E-state index contributed by atoms with van der Waals surface area (Å²) in [7, 11) is 0. The number of rotatable bonds is 3. The number of hydrogen-bond acceptors (Lipinski definition) is 4. The van der Waals surface area contributed by atoms with Gasteiger partial charge >= 0.3 is 5.97 Å². The van der Waals surface area contributed by atoms with Crippen molar-refractivity contribution in [3.05, 3.63) is 12.2 Å². The smallest absolute Gasteiger partial charge is 0.305 e. The molecule has 0 saturated carbocycles. The minimum Gasteiger partial charge on any atom is -0.481 e. The number of carbonyl (C=O) groups excluding carboxylic acids is 2. The third kappa shape index (κ3) is 1.33. The van der Waals surface area contributed by atoms with Gasteiger partial charge in [0.05, 0.1) is 30.5 Å². The van der Waals surface area contributed by atoms with Crippen LogP contribution in [0, 0.1) is 11.8 Å². The van der Waals surface area contributed by atoms with E-state index in [1.807, 2.05) is 0 Å². The molecule has 90 valence electrons. The first-order valence-corrected chi connectivity index (χ1v) is 5.50. The molecule has 3 aliphatic heterocycles. The van der Waals surface area contributed by atoms with Crippen molar-refractivity contribution in [2.75, 3.05) is 6.54 Å². The van der Waals surface area contributed by atoms with Gasteiger partial charge in [-0.2, -0.15) is 0 Å². The van der Waals surface area contributed by atoms with Crippen LogP contribution >= 0.6 is 0 Å². The number of aliphatic carboxylic acids is 1. The minimum absolute atomic E-state index is 0.0422. The molecule has 0 unspecified atom stereocenters. The molecule has 3 rings (SSSR count). The normalized spacial score (nSPS) is 38.0. The average Bonchev–Trinajstić information content (AvgIpc) is 2.92. The number of carbonyl (C=O) groups is 3. The first-order chi connectivity index (χ1) is 8.09. The second kappa shape index (κ2) is 3.40. The van der Waals surface area contributed by atoms with Gasteiger partial charge in [0.15, 0.2) is 0 Å². The van der Waals surface area contributed by atoms with Crippen molar-refractivity contribution < 1.29 is 24.2 Å². The predicted molar refractivity (Wildman–Crippen MR) is 53.8 cm³/mol. The molecule has 6 nitrogen and oxygen atoms in total. The molecule has 0 aromatic heterocycles. The van der Waals surface area contributed by atoms with Gasteiger partial charge in [-0.15, -0.1) is 0 Å². The number of carboxylic acid groups (broad SMARTS) is 1. The number of likely N-dealkylation sites (tertiary alicyclic amines) is 1. The highest BCUT2D eigenvalue weighted by Gasteiger charge is 2.60. The monoisotopic (exact) mass is 237 g/mol. The Bertz CT molecular complexity index is 413. The average molecular weight is 237 g/mol. The van der Waals surface area contributed by atoms with Gasteiger partial charge in [0.2, 0.25) is 11.8 Å². The van der Waals surface area contributed by atoms with Gasteiger partial charge in [0, 0.05) is 6.54 Å². The molecule has 17 heavy (non-hydrogen) atoms. The second-order valence-corrected chi connectivity index (χ2v) is 4.47. The zero-order valence-corrected chi connectivity index (χ0v) is 8.91. The van der Waals surface area contributed by atoms with E-state index in [0.29, 0.717) is 0 Å². The number of nitrogens with zero attached hydrogens (tertiary/aromatic N) is 1. The van der Waals surface area contributed by atoms with Crippen LogP contribution in [-0.2, 0) is 19.1 Å². The number of amides is 2. The number of fused-ring (bicyclic) bond motifs is 5. The van der Waals surface area contributed by atoms with Crippen molar-refractivity contribution in [2.45, 2.75) is 18.6 Å². The fourth-order valence-corrected chi connectivity index (χ4v) is 2.79. The summed E-state index contributed by atoms with van der Waals surface area (Å²) in [6.45, 7) is -0.0422. The summed E-state index contributed by atoms with van der Waals surface area (Å²) in [4.78, 5) is 35.5. The Morgan fingerprint density at radius 3 is 2.24 bits per heavy atom. The van der Waals surface area contributed by atoms with Crippen LogP contribution < -0.4 is 0 Å². The SMILES string of the molecule is O=C(O)CCN1C(=O)[C@@H]2[C@H](C1=O)[C@H]1C=C[C@H]2O1. The number of carboxylic acids is 1. The lowest BCUT2D eigenvalue weighted by Crippen LogP contribution is -2.36. The second-order valence-electron chi connectivity index (χ2n) is 4.47. The number of ether oxygens (including phenoxy) is 1. The Morgan fingerprint density at radius 2 is 1.76 bits per heavy atom. The van der Waals surface area contributed by atoms with Gasteiger partial charge in [-0.1, -0.05) is 12.2 Å². The lowest BCUT2D eigenvalue weighted by atomic mass is 9.85. The van der Waals surface area contributed by atoms with Crippen LogP contribution in [0.25, 0.3) is 0 Å². The molecule has 0 spiro atoms. The Balaban J connectivity index is 1.80. The van der Waals surface area contributed by atoms with Crippen LogP contribution in [-0.4, -0.2) is 46.5 Å². The fourth-order valence-electron chi connectivity index (χ4n) is 2.79. The maximum absolute atomic E-state index is 12.0. The zero-order chi connectivity index (χ0) is 12.2. The highest BCUT2D eigenvalue weighted by atomic mass is 16.5. The summed E-state index contributed by atoms with van der Waals surface area (Å²) in [5.41, 5.74) is 0. The molecule has 0 radical (unpaired) electrons. The lowest BCUT2D eigenvalue weighted by molar-refractivity contribution is -0.143. The Morgan fingerprint density at radius 1 is 1.24 bits per heavy atom. The molecule has 2 bridgehead atoms. The van der Waals surface area contributed by atoms with Crippen molar-refractivity contribution in [3.8, 4) is 0 Å². The topological polar surface area (TPSA) is 83.9 Å². The maximum Gasteiger partial charge on any atom is 0.305 e. The number of imide groups is 1. The van der Waals surface area contributed by atoms with Crippen LogP contribution in [0.15, 0.2) is 12.2 Å². The van der Waals surface area contributed by atoms with E-state index < -0.39 is 17.8 Å². The molecule has 3 aliphatic rings. The Hall–Kier alpha value is -1.69. The van der Waals surface area contributed by atoms with E-state index in [9.17, 15) is 14.4 Å². The quantitative estimate of drug-likeness (QED) is 0.523. The van der Waals surface area contributed by atoms with Crippen molar-refractivity contribution in [1.82, 2.24) is 4.90 Å². The van der Waals surface area contributed by atoms with Gasteiger partial charge in [0.1, 0.15) is 0 Å². The summed E-state index contributed by atoms with van der Waals surface area (Å²) in [5, 5.41) is 8.58. The molecular weight excluding hydrogens is 226 g/mol. The van der Waals surface area contributed by atoms with Crippen LogP contribution in [0.3, 0.4) is 0 Å².